The van der Waals surface area contributed by atoms with Gasteiger partial charge in [0.1, 0.15) is 5.82 Å². The minimum Gasteiger partial charge on any atom is -0.494 e. The van der Waals surface area contributed by atoms with Gasteiger partial charge < -0.3 is 15.0 Å². The van der Waals surface area contributed by atoms with Gasteiger partial charge in [0.2, 0.25) is 5.91 Å². The summed E-state index contributed by atoms with van der Waals surface area (Å²) in [6.45, 7) is 1.77. The molecule has 1 atom stereocenters. The summed E-state index contributed by atoms with van der Waals surface area (Å²) < 4.78 is 18.7. The third-order valence-electron chi connectivity index (χ3n) is 4.30. The van der Waals surface area contributed by atoms with E-state index in [9.17, 15) is 14.0 Å². The highest BCUT2D eigenvalue weighted by molar-refractivity contribution is 5.78. The molecule has 2 N–H and O–H groups in total. The van der Waals surface area contributed by atoms with Crippen molar-refractivity contribution in [3.8, 4) is 5.75 Å². The van der Waals surface area contributed by atoms with Crippen LogP contribution in [0.25, 0.3) is 10.9 Å². The van der Waals surface area contributed by atoms with Crippen molar-refractivity contribution in [1.82, 2.24) is 15.3 Å². The monoisotopic (exact) mass is 369 g/mol. The van der Waals surface area contributed by atoms with Crippen LogP contribution in [0.2, 0.25) is 0 Å². The summed E-state index contributed by atoms with van der Waals surface area (Å²) in [5.41, 5.74) is 1.01. The number of fused-ring (bicyclic) bond motifs is 1. The zero-order valence-electron chi connectivity index (χ0n) is 15.1. The number of benzene rings is 2. The van der Waals surface area contributed by atoms with Gasteiger partial charge in [-0.1, -0.05) is 18.2 Å². The van der Waals surface area contributed by atoms with Crippen molar-refractivity contribution < 1.29 is 13.9 Å². The summed E-state index contributed by atoms with van der Waals surface area (Å²) in [7, 11) is 1.40. The zero-order chi connectivity index (χ0) is 19.4. The maximum atomic E-state index is 13.8. The number of hydrogen-bond acceptors (Lipinski definition) is 4. The lowest BCUT2D eigenvalue weighted by atomic mass is 10.1. The molecule has 0 spiro atoms. The summed E-state index contributed by atoms with van der Waals surface area (Å²) >= 11 is 0. The number of rotatable bonds is 6. The van der Waals surface area contributed by atoms with Crippen molar-refractivity contribution in [3.05, 3.63) is 70.0 Å². The highest BCUT2D eigenvalue weighted by Gasteiger charge is 2.13. The molecular formula is C20H20FN3O3. The third kappa shape index (κ3) is 4.31. The van der Waals surface area contributed by atoms with Crippen LogP contribution in [0.1, 0.15) is 30.8 Å². The average Bonchev–Trinajstić information content (AvgIpc) is 2.66. The van der Waals surface area contributed by atoms with Crippen LogP contribution in [0.15, 0.2) is 47.3 Å². The van der Waals surface area contributed by atoms with Gasteiger partial charge in [0, 0.05) is 12.8 Å². The zero-order valence-corrected chi connectivity index (χ0v) is 15.1. The molecule has 0 fully saturated rings. The molecule has 0 bridgehead atoms. The number of ether oxygens (including phenoxy) is 1. The van der Waals surface area contributed by atoms with E-state index in [-0.39, 0.29) is 29.7 Å². The molecule has 0 saturated heterocycles. The molecule has 3 aromatic rings. The van der Waals surface area contributed by atoms with Crippen molar-refractivity contribution in [3.63, 3.8) is 0 Å². The number of aromatic nitrogens is 2. The first-order valence-corrected chi connectivity index (χ1v) is 8.58. The number of halogens is 1. The lowest BCUT2D eigenvalue weighted by Crippen LogP contribution is -2.27. The molecule has 7 heteroatoms. The molecule has 0 aliphatic heterocycles. The van der Waals surface area contributed by atoms with Gasteiger partial charge in [0.15, 0.2) is 11.6 Å². The van der Waals surface area contributed by atoms with Crippen molar-refractivity contribution in [2.75, 3.05) is 7.11 Å². The van der Waals surface area contributed by atoms with E-state index in [0.717, 1.165) is 0 Å². The fourth-order valence-electron chi connectivity index (χ4n) is 2.83. The van der Waals surface area contributed by atoms with E-state index in [0.29, 0.717) is 28.7 Å². The van der Waals surface area contributed by atoms with E-state index in [2.05, 4.69) is 15.3 Å². The molecule has 2 aromatic carbocycles. The maximum absolute atomic E-state index is 13.8. The maximum Gasteiger partial charge on any atom is 0.258 e. The second-order valence-corrected chi connectivity index (χ2v) is 6.21. The lowest BCUT2D eigenvalue weighted by Gasteiger charge is -2.15. The van der Waals surface area contributed by atoms with Gasteiger partial charge in [-0.2, -0.15) is 0 Å². The molecule has 0 aliphatic rings. The number of hydrogen-bond donors (Lipinski definition) is 2. The molecular weight excluding hydrogens is 349 g/mol. The van der Waals surface area contributed by atoms with Crippen molar-refractivity contribution in [1.29, 1.82) is 0 Å². The highest BCUT2D eigenvalue weighted by atomic mass is 19.1. The van der Waals surface area contributed by atoms with Crippen molar-refractivity contribution in [2.45, 2.75) is 25.8 Å². The Kier molecular flexibility index (Phi) is 5.49. The van der Waals surface area contributed by atoms with Crippen LogP contribution in [0.5, 0.6) is 5.75 Å². The van der Waals surface area contributed by atoms with E-state index in [4.69, 9.17) is 4.74 Å². The van der Waals surface area contributed by atoms with Crippen LogP contribution in [0, 0.1) is 5.82 Å². The Morgan fingerprint density at radius 3 is 2.81 bits per heavy atom. The summed E-state index contributed by atoms with van der Waals surface area (Å²) in [6, 6.07) is 11.2. The fraction of sp³-hybridized carbons (Fsp3) is 0.250. The summed E-state index contributed by atoms with van der Waals surface area (Å²) in [5, 5.41) is 3.33. The summed E-state index contributed by atoms with van der Waals surface area (Å²) in [6.07, 6.45) is 0.458. The van der Waals surface area contributed by atoms with Gasteiger partial charge in [0.25, 0.3) is 5.56 Å². The molecule has 0 aliphatic carbocycles. The number of methoxy groups -OCH3 is 1. The van der Waals surface area contributed by atoms with Gasteiger partial charge >= 0.3 is 0 Å². The Hall–Kier alpha value is -3.22. The lowest BCUT2D eigenvalue weighted by molar-refractivity contribution is -0.121. The minimum absolute atomic E-state index is 0.156. The first-order chi connectivity index (χ1) is 13.0. The van der Waals surface area contributed by atoms with E-state index < -0.39 is 5.82 Å². The molecule has 6 nitrogen and oxygen atoms in total. The number of carbonyl (C=O) groups is 1. The van der Waals surface area contributed by atoms with Gasteiger partial charge in [-0.05, 0) is 36.8 Å². The van der Waals surface area contributed by atoms with E-state index in [1.807, 2.05) is 0 Å². The van der Waals surface area contributed by atoms with Crippen LogP contribution in [-0.4, -0.2) is 23.0 Å². The molecule has 1 aromatic heterocycles. The van der Waals surface area contributed by atoms with E-state index >= 15 is 0 Å². The first kappa shape index (κ1) is 18.6. The molecule has 0 radical (unpaired) electrons. The second kappa shape index (κ2) is 7.99. The number of aromatic amines is 1. The molecule has 1 unspecified atom stereocenters. The Morgan fingerprint density at radius 2 is 2.07 bits per heavy atom. The Morgan fingerprint density at radius 1 is 1.30 bits per heavy atom. The number of nitrogens with one attached hydrogen (secondary N) is 2. The Bertz CT molecular complexity index is 1030. The molecule has 1 heterocycles. The van der Waals surface area contributed by atoms with Crippen LogP contribution in [0.3, 0.4) is 0 Å². The minimum atomic E-state index is -0.478. The first-order valence-electron chi connectivity index (χ1n) is 8.58. The normalized spacial score (nSPS) is 12.0. The standard InChI is InChI=1S/C20H20FN3O3/c1-12(13-7-8-17(27-2)15(21)11-13)22-19(25)10-9-18-23-16-6-4-3-5-14(16)20(26)24-18/h3-8,11-12H,9-10H2,1-2H3,(H,22,25)(H,23,24,26). The summed E-state index contributed by atoms with van der Waals surface area (Å²) in [4.78, 5) is 31.3. The largest absolute Gasteiger partial charge is 0.494 e. The number of H-pyrrole nitrogens is 1. The van der Waals surface area contributed by atoms with Gasteiger partial charge in [0.05, 0.1) is 24.1 Å². The van der Waals surface area contributed by atoms with Crippen molar-refractivity contribution in [2.24, 2.45) is 0 Å². The molecule has 3 rings (SSSR count). The van der Waals surface area contributed by atoms with Crippen LogP contribution < -0.4 is 15.6 Å². The quantitative estimate of drug-likeness (QED) is 0.700. The number of para-hydroxylation sites is 1. The molecule has 27 heavy (non-hydrogen) atoms. The Labute approximate surface area is 155 Å². The Balaban J connectivity index is 1.62. The van der Waals surface area contributed by atoms with E-state index in [1.54, 1.807) is 37.3 Å². The van der Waals surface area contributed by atoms with Crippen LogP contribution in [-0.2, 0) is 11.2 Å². The number of aryl methyl sites for hydroxylation is 1. The van der Waals surface area contributed by atoms with Crippen LogP contribution in [0.4, 0.5) is 4.39 Å². The molecule has 1 amide bonds. The highest BCUT2D eigenvalue weighted by Crippen LogP contribution is 2.21. The van der Waals surface area contributed by atoms with E-state index in [1.165, 1.54) is 19.2 Å². The SMILES string of the molecule is COc1ccc(C(C)NC(=O)CCc2nc3ccccc3c(=O)[nH]2)cc1F. The van der Waals surface area contributed by atoms with Crippen molar-refractivity contribution >= 4 is 16.8 Å². The number of amides is 1. The third-order valence-corrected chi connectivity index (χ3v) is 4.30. The number of nitrogens with zero attached hydrogens (tertiary/aromatic N) is 1. The fourth-order valence-corrected chi connectivity index (χ4v) is 2.83. The average molecular weight is 369 g/mol. The van der Waals surface area contributed by atoms with Gasteiger partial charge in [-0.3, -0.25) is 9.59 Å². The predicted molar refractivity (Wildman–Crippen MR) is 100 cm³/mol. The number of carbonyl (C=O) groups excluding carboxylic acids is 1. The molecule has 140 valence electrons. The predicted octanol–water partition coefficient (Wildman–Crippen LogP) is 2.88. The smallest absolute Gasteiger partial charge is 0.258 e. The topological polar surface area (TPSA) is 84.1 Å². The van der Waals surface area contributed by atoms with Gasteiger partial charge in [-0.15, -0.1) is 0 Å². The molecule has 0 saturated carbocycles. The summed E-state index contributed by atoms with van der Waals surface area (Å²) in [5.74, 6) is -0.0795. The van der Waals surface area contributed by atoms with Crippen LogP contribution >= 0.6 is 0 Å². The van der Waals surface area contributed by atoms with Gasteiger partial charge in [-0.25, -0.2) is 9.37 Å². The second-order valence-electron chi connectivity index (χ2n) is 6.21.